The van der Waals surface area contributed by atoms with E-state index < -0.39 is 0 Å². The van der Waals surface area contributed by atoms with Gasteiger partial charge in [-0.2, -0.15) is 0 Å². The van der Waals surface area contributed by atoms with Crippen molar-refractivity contribution < 1.29 is 13.8 Å². The van der Waals surface area contributed by atoms with Crippen molar-refractivity contribution in [3.05, 3.63) is 96.7 Å². The van der Waals surface area contributed by atoms with Crippen LogP contribution < -0.4 is 9.80 Å². The lowest BCUT2D eigenvalue weighted by Crippen LogP contribution is -2.47. The third-order valence-electron chi connectivity index (χ3n) is 8.43. The number of aryl methyl sites for hydroxylation is 1. The van der Waals surface area contributed by atoms with Crippen LogP contribution in [-0.2, 0) is 17.6 Å². The highest BCUT2D eigenvalue weighted by Crippen LogP contribution is 2.17. The molecule has 4 aromatic rings. The molecule has 292 valence electrons. The smallest absolute Gasteiger partial charge is 0.124 e. The lowest BCUT2D eigenvalue weighted by molar-refractivity contribution is 0.103. The predicted octanol–water partition coefficient (Wildman–Crippen LogP) is 9.37. The van der Waals surface area contributed by atoms with Crippen molar-refractivity contribution in [1.29, 1.82) is 0 Å². The van der Waals surface area contributed by atoms with Crippen LogP contribution in [0.25, 0.3) is 0 Å². The minimum Gasteiger partial charge on any atom is -0.380 e. The molecule has 2 fully saturated rings. The van der Waals surface area contributed by atoms with E-state index in [1.807, 2.05) is 67.5 Å². The molecular weight excluding hydrogens is 649 g/mol. The van der Waals surface area contributed by atoms with Gasteiger partial charge in [0, 0.05) is 88.8 Å². The maximum absolute atomic E-state index is 5.68. The Kier molecular flexibility index (Phi) is 28.6. The number of hydrogen-bond acceptors (Lipinski definition) is 9. The number of benzene rings is 2. The minimum absolute atomic E-state index is 0.705. The first-order valence-corrected chi connectivity index (χ1v) is 20.2. The molecule has 0 bridgehead atoms. The van der Waals surface area contributed by atoms with E-state index in [1.54, 1.807) is 12.5 Å². The SMILES string of the molecule is CC.CC.CC.CC.c1ccc(N2CCN(CCCCCc3ccon3)CC2)cc1.c1ccc(N2CCN(CCOCCc3ccon3)CC2)cc1. The zero-order valence-corrected chi connectivity index (χ0v) is 34.0. The van der Waals surface area contributed by atoms with E-state index in [4.69, 9.17) is 13.8 Å². The maximum Gasteiger partial charge on any atom is 0.124 e. The number of unbranched alkanes of at least 4 members (excludes halogenated alkanes) is 2. The van der Waals surface area contributed by atoms with E-state index in [1.165, 1.54) is 50.3 Å². The number of hydrogen-bond donors (Lipinski definition) is 0. The Labute approximate surface area is 317 Å². The van der Waals surface area contributed by atoms with Crippen molar-refractivity contribution in [2.75, 3.05) is 88.5 Å². The molecule has 2 aliphatic rings. The molecule has 2 aliphatic heterocycles. The molecule has 0 saturated carbocycles. The number of nitrogens with zero attached hydrogens (tertiary/aromatic N) is 6. The van der Waals surface area contributed by atoms with Gasteiger partial charge >= 0.3 is 0 Å². The van der Waals surface area contributed by atoms with Crippen LogP contribution in [0.2, 0.25) is 0 Å². The molecule has 0 radical (unpaired) electrons. The summed E-state index contributed by atoms with van der Waals surface area (Å²) in [6.45, 7) is 28.7. The number of aromatic nitrogens is 2. The van der Waals surface area contributed by atoms with Crippen LogP contribution >= 0.6 is 0 Å². The Hall–Kier alpha value is -3.66. The van der Waals surface area contributed by atoms with Crippen LogP contribution in [0, 0.1) is 0 Å². The standard InChI is InChI=1S/C18H25N3O.C17H23N3O2.4C2H6/c1-4-8-18(9-5-1)21-14-12-20(13-15-21)11-6-2-3-7-17-10-16-22-19-17;1-2-4-17(5-3-1)20-10-8-19(9-11-20)12-15-21-13-6-16-7-14-22-18-16;4*1-2/h1,4-5,8-10,16H,2-3,6-7,11-15H2;1-5,7,14H,6,8-13,15H2;4*1-2H3. The molecule has 9 nitrogen and oxygen atoms in total. The van der Waals surface area contributed by atoms with E-state index in [0.717, 1.165) is 76.6 Å². The van der Waals surface area contributed by atoms with E-state index in [0.29, 0.717) is 6.61 Å². The molecule has 0 atom stereocenters. The summed E-state index contributed by atoms with van der Waals surface area (Å²) in [7, 11) is 0. The summed E-state index contributed by atoms with van der Waals surface area (Å²) in [6, 6.07) is 25.2. The van der Waals surface area contributed by atoms with Crippen LogP contribution in [0.3, 0.4) is 0 Å². The van der Waals surface area contributed by atoms with Gasteiger partial charge in [0.05, 0.1) is 24.6 Å². The van der Waals surface area contributed by atoms with Crippen LogP contribution in [-0.4, -0.2) is 98.8 Å². The van der Waals surface area contributed by atoms with Crippen molar-refractivity contribution in [3.63, 3.8) is 0 Å². The van der Waals surface area contributed by atoms with E-state index in [-0.39, 0.29) is 0 Å². The van der Waals surface area contributed by atoms with Crippen molar-refractivity contribution in [3.8, 4) is 0 Å². The molecule has 9 heteroatoms. The summed E-state index contributed by atoms with van der Waals surface area (Å²) in [5, 5.41) is 7.82. The lowest BCUT2D eigenvalue weighted by Gasteiger charge is -2.36. The summed E-state index contributed by atoms with van der Waals surface area (Å²) in [5.41, 5.74) is 4.72. The second-order valence-corrected chi connectivity index (χ2v) is 11.5. The Morgan fingerprint density at radius 2 is 0.923 bits per heavy atom. The van der Waals surface area contributed by atoms with Crippen LogP contribution in [0.15, 0.2) is 94.4 Å². The maximum atomic E-state index is 5.68. The van der Waals surface area contributed by atoms with Gasteiger partial charge in [0.2, 0.25) is 0 Å². The first kappa shape index (κ1) is 46.4. The summed E-state index contributed by atoms with van der Waals surface area (Å²) in [5.74, 6) is 0. The monoisotopic (exact) mass is 721 g/mol. The third kappa shape index (κ3) is 19.3. The highest BCUT2D eigenvalue weighted by molar-refractivity contribution is 5.47. The molecule has 2 aromatic carbocycles. The molecule has 0 spiro atoms. The van der Waals surface area contributed by atoms with Crippen LogP contribution in [0.5, 0.6) is 0 Å². The predicted molar refractivity (Wildman–Crippen MR) is 221 cm³/mol. The largest absolute Gasteiger partial charge is 0.380 e. The Morgan fingerprint density at radius 3 is 1.37 bits per heavy atom. The van der Waals surface area contributed by atoms with E-state index in [2.05, 4.69) is 90.6 Å². The second kappa shape index (κ2) is 32.0. The number of piperazine rings is 2. The molecule has 4 heterocycles. The summed E-state index contributed by atoms with van der Waals surface area (Å²) >= 11 is 0. The van der Waals surface area contributed by atoms with Gasteiger partial charge in [-0.25, -0.2) is 0 Å². The average molecular weight is 721 g/mol. The molecule has 2 saturated heterocycles. The highest BCUT2D eigenvalue weighted by Gasteiger charge is 2.17. The van der Waals surface area contributed by atoms with E-state index >= 15 is 0 Å². The molecule has 0 N–H and O–H groups in total. The molecule has 52 heavy (non-hydrogen) atoms. The van der Waals surface area contributed by atoms with Crippen LogP contribution in [0.4, 0.5) is 11.4 Å². The van der Waals surface area contributed by atoms with Gasteiger partial charge in [0.15, 0.2) is 0 Å². The minimum atomic E-state index is 0.705. The van der Waals surface area contributed by atoms with Crippen LogP contribution in [0.1, 0.15) is 86.0 Å². The average Bonchev–Trinajstić information content (AvgIpc) is 3.98. The highest BCUT2D eigenvalue weighted by atomic mass is 16.5. The van der Waals surface area contributed by atoms with E-state index in [9.17, 15) is 0 Å². The number of ether oxygens (including phenoxy) is 1. The summed E-state index contributed by atoms with van der Waals surface area (Å²) < 4.78 is 15.3. The molecule has 0 unspecified atom stereocenters. The van der Waals surface area contributed by atoms with Crippen molar-refractivity contribution >= 4 is 11.4 Å². The summed E-state index contributed by atoms with van der Waals surface area (Å²) in [6.07, 6.45) is 8.87. The summed E-state index contributed by atoms with van der Waals surface area (Å²) in [4.78, 5) is 9.99. The topological polar surface area (TPSA) is 74.3 Å². The quantitative estimate of drug-likeness (QED) is 0.119. The van der Waals surface area contributed by atoms with Gasteiger partial charge in [0.25, 0.3) is 0 Å². The number of para-hydroxylation sites is 2. The Balaban J connectivity index is 0.000000437. The lowest BCUT2D eigenvalue weighted by atomic mass is 10.1. The third-order valence-corrected chi connectivity index (χ3v) is 8.43. The zero-order valence-electron chi connectivity index (χ0n) is 34.0. The van der Waals surface area contributed by atoms with Crippen molar-refractivity contribution in [2.45, 2.75) is 87.5 Å². The fourth-order valence-electron chi connectivity index (χ4n) is 5.76. The first-order valence-electron chi connectivity index (χ1n) is 20.2. The van der Waals surface area contributed by atoms with Gasteiger partial charge < -0.3 is 23.6 Å². The van der Waals surface area contributed by atoms with Gasteiger partial charge in [-0.15, -0.1) is 0 Å². The van der Waals surface area contributed by atoms with Crippen molar-refractivity contribution in [2.24, 2.45) is 0 Å². The van der Waals surface area contributed by atoms with Gasteiger partial charge in [-0.3, -0.25) is 9.80 Å². The normalized spacial score (nSPS) is 14.1. The van der Waals surface area contributed by atoms with Crippen molar-refractivity contribution in [1.82, 2.24) is 20.1 Å². The number of rotatable bonds is 14. The van der Waals surface area contributed by atoms with Gasteiger partial charge in [-0.1, -0.05) is 109 Å². The fraction of sp³-hybridized carbons (Fsp3) is 0.581. The fourth-order valence-corrected chi connectivity index (χ4v) is 5.76. The molecule has 0 amide bonds. The molecule has 6 rings (SSSR count). The molecular formula is C43H72N6O3. The number of anilines is 2. The zero-order chi connectivity index (χ0) is 38.1. The Morgan fingerprint density at radius 1 is 0.481 bits per heavy atom. The first-order chi connectivity index (χ1) is 25.8. The van der Waals surface area contributed by atoms with Gasteiger partial charge in [-0.05, 0) is 50.1 Å². The Bertz CT molecular complexity index is 1140. The second-order valence-electron chi connectivity index (χ2n) is 11.5. The molecule has 0 aliphatic carbocycles. The van der Waals surface area contributed by atoms with Gasteiger partial charge in [0.1, 0.15) is 12.5 Å². The molecule has 2 aromatic heterocycles.